The Balaban J connectivity index is 1.79. The molecule has 21 heavy (non-hydrogen) atoms. The molecule has 1 heterocycles. The van der Waals surface area contributed by atoms with Crippen LogP contribution < -0.4 is 4.74 Å². The van der Waals surface area contributed by atoms with E-state index in [1.54, 1.807) is 0 Å². The van der Waals surface area contributed by atoms with E-state index in [0.717, 1.165) is 24.0 Å². The van der Waals surface area contributed by atoms with Crippen molar-refractivity contribution in [2.75, 3.05) is 0 Å². The predicted octanol–water partition coefficient (Wildman–Crippen LogP) is 2.75. The fraction of sp³-hybridized carbons (Fsp3) is 0.308. The standard InChI is InChI=1S/C13H11Cl2N3O3/c14-9-4-6-1-2-8(3-7(6)5-10(9)15)21-12-11(13(19)20)16-18-17-12/h4-5,8H,1-3H2,(H,19,20)(H,16,17,18)/t8-/m1/s1. The number of aromatic carboxylic acids is 1. The molecular formula is C13H11Cl2N3O3. The van der Waals surface area contributed by atoms with Crippen LogP contribution in [0.15, 0.2) is 12.1 Å². The third-order valence-electron chi connectivity index (χ3n) is 3.43. The van der Waals surface area contributed by atoms with E-state index in [1.807, 2.05) is 12.1 Å². The number of benzene rings is 1. The first-order valence-corrected chi connectivity index (χ1v) is 7.08. The molecule has 0 unspecified atom stereocenters. The summed E-state index contributed by atoms with van der Waals surface area (Å²) in [6, 6.07) is 3.70. The summed E-state index contributed by atoms with van der Waals surface area (Å²) >= 11 is 12.0. The van der Waals surface area contributed by atoms with Crippen LogP contribution >= 0.6 is 23.2 Å². The summed E-state index contributed by atoms with van der Waals surface area (Å²) in [5.74, 6) is -1.14. The van der Waals surface area contributed by atoms with Gasteiger partial charge >= 0.3 is 5.97 Å². The minimum absolute atomic E-state index is 0.0102. The summed E-state index contributed by atoms with van der Waals surface area (Å²) in [5.41, 5.74) is 2.05. The van der Waals surface area contributed by atoms with Crippen molar-refractivity contribution in [2.24, 2.45) is 0 Å². The Morgan fingerprint density at radius 2 is 2.05 bits per heavy atom. The molecule has 1 aliphatic carbocycles. The number of carboxylic acids is 1. The van der Waals surface area contributed by atoms with E-state index in [9.17, 15) is 4.79 Å². The Bertz CT molecular complexity index is 702. The molecule has 0 bridgehead atoms. The van der Waals surface area contributed by atoms with Crippen LogP contribution in [0.5, 0.6) is 5.88 Å². The van der Waals surface area contributed by atoms with Gasteiger partial charge in [-0.25, -0.2) is 9.89 Å². The predicted molar refractivity (Wildman–Crippen MR) is 76.2 cm³/mol. The molecule has 1 atom stereocenters. The van der Waals surface area contributed by atoms with E-state index in [2.05, 4.69) is 15.4 Å². The van der Waals surface area contributed by atoms with E-state index in [1.165, 1.54) is 0 Å². The monoisotopic (exact) mass is 327 g/mol. The largest absolute Gasteiger partial charge is 0.476 e. The Morgan fingerprint density at radius 1 is 1.33 bits per heavy atom. The number of halogens is 2. The minimum atomic E-state index is -1.15. The van der Waals surface area contributed by atoms with Gasteiger partial charge in [-0.05, 0) is 36.1 Å². The van der Waals surface area contributed by atoms with E-state index in [0.29, 0.717) is 16.5 Å². The number of ether oxygens (including phenoxy) is 1. The highest BCUT2D eigenvalue weighted by molar-refractivity contribution is 6.42. The molecule has 0 saturated carbocycles. The lowest BCUT2D eigenvalue weighted by atomic mass is 9.90. The number of carbonyl (C=O) groups is 1. The maximum atomic E-state index is 11.0. The van der Waals surface area contributed by atoms with Gasteiger partial charge in [0.25, 0.3) is 5.88 Å². The van der Waals surface area contributed by atoms with Crippen molar-refractivity contribution >= 4 is 29.2 Å². The zero-order valence-corrected chi connectivity index (χ0v) is 12.3. The van der Waals surface area contributed by atoms with Crippen LogP contribution in [0, 0.1) is 0 Å². The van der Waals surface area contributed by atoms with Gasteiger partial charge in [-0.3, -0.25) is 0 Å². The third-order valence-corrected chi connectivity index (χ3v) is 4.16. The number of carboxylic acid groups (broad SMARTS) is 1. The molecule has 2 aromatic rings. The van der Waals surface area contributed by atoms with Crippen molar-refractivity contribution in [3.8, 4) is 5.88 Å². The van der Waals surface area contributed by atoms with Crippen LogP contribution in [0.2, 0.25) is 10.0 Å². The lowest BCUT2D eigenvalue weighted by Crippen LogP contribution is -2.26. The van der Waals surface area contributed by atoms with Gasteiger partial charge in [-0.15, -0.1) is 0 Å². The highest BCUT2D eigenvalue weighted by Gasteiger charge is 2.25. The Labute approximate surface area is 130 Å². The van der Waals surface area contributed by atoms with Gasteiger partial charge in [0, 0.05) is 6.42 Å². The fourth-order valence-electron chi connectivity index (χ4n) is 2.41. The normalized spacial score (nSPS) is 17.3. The zero-order chi connectivity index (χ0) is 15.0. The summed E-state index contributed by atoms with van der Waals surface area (Å²) < 4.78 is 5.65. The molecule has 110 valence electrons. The first kappa shape index (κ1) is 14.2. The van der Waals surface area contributed by atoms with Gasteiger partial charge in [-0.1, -0.05) is 33.5 Å². The highest BCUT2D eigenvalue weighted by atomic mass is 35.5. The molecule has 0 saturated heterocycles. The van der Waals surface area contributed by atoms with Gasteiger partial charge in [0.1, 0.15) is 6.10 Å². The van der Waals surface area contributed by atoms with Crippen LogP contribution in [0.1, 0.15) is 28.0 Å². The van der Waals surface area contributed by atoms with Crippen molar-refractivity contribution in [1.29, 1.82) is 0 Å². The summed E-state index contributed by atoms with van der Waals surface area (Å²) in [6.07, 6.45) is 1.99. The van der Waals surface area contributed by atoms with Crippen molar-refractivity contribution in [1.82, 2.24) is 15.4 Å². The molecule has 1 aliphatic rings. The molecule has 0 fully saturated rings. The number of aromatic amines is 1. The van der Waals surface area contributed by atoms with Crippen LogP contribution in [0.4, 0.5) is 0 Å². The number of nitrogens with zero attached hydrogens (tertiary/aromatic N) is 2. The lowest BCUT2D eigenvalue weighted by molar-refractivity contribution is 0.0681. The van der Waals surface area contributed by atoms with E-state index in [4.69, 9.17) is 33.0 Å². The first-order valence-electron chi connectivity index (χ1n) is 6.32. The molecule has 3 rings (SSSR count). The number of nitrogens with one attached hydrogen (secondary N) is 1. The quantitative estimate of drug-likeness (QED) is 0.904. The number of hydrogen-bond acceptors (Lipinski definition) is 4. The number of fused-ring (bicyclic) bond motifs is 1. The summed E-state index contributed by atoms with van der Waals surface area (Å²) in [6.45, 7) is 0. The molecule has 0 amide bonds. The Kier molecular flexibility index (Phi) is 3.73. The summed E-state index contributed by atoms with van der Waals surface area (Å²) in [5, 5.41) is 19.5. The van der Waals surface area contributed by atoms with Crippen molar-refractivity contribution in [3.05, 3.63) is 39.0 Å². The summed E-state index contributed by atoms with van der Waals surface area (Å²) in [4.78, 5) is 11.0. The van der Waals surface area contributed by atoms with Gasteiger partial charge in [0.2, 0.25) is 5.69 Å². The molecule has 0 spiro atoms. The number of H-pyrrole nitrogens is 1. The van der Waals surface area contributed by atoms with Crippen molar-refractivity contribution < 1.29 is 14.6 Å². The lowest BCUT2D eigenvalue weighted by Gasteiger charge is -2.25. The molecule has 0 radical (unpaired) electrons. The van der Waals surface area contributed by atoms with Crippen LogP contribution in [-0.2, 0) is 12.8 Å². The maximum Gasteiger partial charge on any atom is 0.359 e. The van der Waals surface area contributed by atoms with Crippen LogP contribution in [-0.4, -0.2) is 32.6 Å². The van der Waals surface area contributed by atoms with Gasteiger partial charge in [-0.2, -0.15) is 0 Å². The molecule has 1 aromatic heterocycles. The average Bonchev–Trinajstić information content (AvgIpc) is 2.89. The molecule has 0 aliphatic heterocycles. The zero-order valence-electron chi connectivity index (χ0n) is 10.8. The number of aryl methyl sites for hydroxylation is 1. The van der Waals surface area contributed by atoms with E-state index >= 15 is 0 Å². The molecule has 2 N–H and O–H groups in total. The Morgan fingerprint density at radius 3 is 2.76 bits per heavy atom. The van der Waals surface area contributed by atoms with Crippen LogP contribution in [0.3, 0.4) is 0 Å². The van der Waals surface area contributed by atoms with E-state index in [-0.39, 0.29) is 17.7 Å². The van der Waals surface area contributed by atoms with Gasteiger partial charge in [0.15, 0.2) is 0 Å². The fourth-order valence-corrected chi connectivity index (χ4v) is 2.79. The third kappa shape index (κ3) is 2.82. The van der Waals surface area contributed by atoms with Crippen molar-refractivity contribution in [2.45, 2.75) is 25.4 Å². The molecule has 8 heteroatoms. The maximum absolute atomic E-state index is 11.0. The molecular weight excluding hydrogens is 317 g/mol. The minimum Gasteiger partial charge on any atom is -0.476 e. The van der Waals surface area contributed by atoms with Crippen LogP contribution in [0.25, 0.3) is 0 Å². The second kappa shape index (κ2) is 5.54. The SMILES string of the molecule is O=C(O)c1[nH]nnc1O[C@@H]1CCc2cc(Cl)c(Cl)cc2C1. The smallest absolute Gasteiger partial charge is 0.359 e. The number of aromatic nitrogens is 3. The molecule has 1 aromatic carbocycles. The summed E-state index contributed by atoms with van der Waals surface area (Å²) in [7, 11) is 0. The van der Waals surface area contributed by atoms with Gasteiger partial charge < -0.3 is 9.84 Å². The Hall–Kier alpha value is -1.79. The second-order valence-corrected chi connectivity index (χ2v) is 5.63. The van der Waals surface area contributed by atoms with Gasteiger partial charge in [0.05, 0.1) is 10.0 Å². The second-order valence-electron chi connectivity index (χ2n) is 4.81. The molecule has 6 nitrogen and oxygen atoms in total. The van der Waals surface area contributed by atoms with E-state index < -0.39 is 5.97 Å². The number of rotatable bonds is 3. The average molecular weight is 328 g/mol. The number of hydrogen-bond donors (Lipinski definition) is 2. The highest BCUT2D eigenvalue weighted by Crippen LogP contribution is 2.31. The topological polar surface area (TPSA) is 88.1 Å². The van der Waals surface area contributed by atoms with Crippen molar-refractivity contribution in [3.63, 3.8) is 0 Å². The first-order chi connectivity index (χ1) is 10.0.